The third-order valence-corrected chi connectivity index (χ3v) is 6.00. The van der Waals surface area contributed by atoms with Crippen molar-refractivity contribution in [3.8, 4) is 5.88 Å². The van der Waals surface area contributed by atoms with Crippen LogP contribution in [0, 0.1) is 6.92 Å². The van der Waals surface area contributed by atoms with E-state index in [2.05, 4.69) is 9.97 Å². The Bertz CT molecular complexity index is 821. The first kappa shape index (κ1) is 17.1. The lowest BCUT2D eigenvalue weighted by atomic mass is 10.1. The minimum Gasteiger partial charge on any atom is -0.474 e. The zero-order chi connectivity index (χ0) is 17.2. The molecule has 2 aromatic rings. The lowest BCUT2D eigenvalue weighted by Gasteiger charge is -2.31. The molecule has 0 saturated carbocycles. The van der Waals surface area contributed by atoms with Crippen LogP contribution in [0.25, 0.3) is 0 Å². The van der Waals surface area contributed by atoms with Gasteiger partial charge in [-0.05, 0) is 38.0 Å². The third kappa shape index (κ3) is 3.85. The summed E-state index contributed by atoms with van der Waals surface area (Å²) in [6, 6.07) is 8.05. The summed E-state index contributed by atoms with van der Waals surface area (Å²) < 4.78 is 32.6. The normalized spacial score (nSPS) is 16.9. The number of ether oxygens (including phenoxy) is 1. The molecule has 1 aromatic carbocycles. The van der Waals surface area contributed by atoms with E-state index in [1.165, 1.54) is 10.4 Å². The van der Waals surface area contributed by atoms with E-state index >= 15 is 0 Å². The summed E-state index contributed by atoms with van der Waals surface area (Å²) in [6.07, 6.45) is 2.83. The summed E-state index contributed by atoms with van der Waals surface area (Å²) in [6.45, 7) is 2.61. The van der Waals surface area contributed by atoms with Crippen molar-refractivity contribution in [3.63, 3.8) is 0 Å². The van der Waals surface area contributed by atoms with Gasteiger partial charge in [-0.1, -0.05) is 17.7 Å². The Labute approximate surface area is 146 Å². The molecule has 1 fully saturated rings. The van der Waals surface area contributed by atoms with Crippen LogP contribution in [0.3, 0.4) is 0 Å². The van der Waals surface area contributed by atoms with E-state index in [4.69, 9.17) is 16.3 Å². The second-order valence-corrected chi connectivity index (χ2v) is 8.00. The molecule has 6 nitrogen and oxygen atoms in total. The number of sulfonamides is 1. The number of nitrogens with zero attached hydrogens (tertiary/aromatic N) is 3. The van der Waals surface area contributed by atoms with Crippen LogP contribution in [0.4, 0.5) is 0 Å². The molecule has 0 spiro atoms. The molecule has 0 unspecified atom stereocenters. The van der Waals surface area contributed by atoms with Gasteiger partial charge in [0.2, 0.25) is 15.9 Å². The lowest BCUT2D eigenvalue weighted by Crippen LogP contribution is -2.41. The lowest BCUT2D eigenvalue weighted by molar-refractivity contribution is 0.129. The van der Waals surface area contributed by atoms with Gasteiger partial charge in [0, 0.05) is 30.4 Å². The number of benzene rings is 1. The van der Waals surface area contributed by atoms with E-state index in [1.54, 1.807) is 37.4 Å². The van der Waals surface area contributed by atoms with Crippen molar-refractivity contribution < 1.29 is 13.2 Å². The van der Waals surface area contributed by atoms with Crippen molar-refractivity contribution in [2.45, 2.75) is 30.8 Å². The van der Waals surface area contributed by atoms with Crippen LogP contribution in [0.5, 0.6) is 5.88 Å². The van der Waals surface area contributed by atoms with Gasteiger partial charge in [0.25, 0.3) is 0 Å². The standard InChI is InChI=1S/C16H18ClN3O3S/c1-12-18-8-5-16(19-12)23-14-6-9-20(10-7-14)24(21,22)15-4-2-3-13(17)11-15/h2-5,8,11,14H,6-7,9-10H2,1H3. The maximum absolute atomic E-state index is 12.7. The van der Waals surface area contributed by atoms with E-state index in [0.29, 0.717) is 42.7 Å². The predicted molar refractivity (Wildman–Crippen MR) is 90.6 cm³/mol. The topological polar surface area (TPSA) is 72.4 Å². The second-order valence-electron chi connectivity index (χ2n) is 5.62. The van der Waals surface area contributed by atoms with Gasteiger partial charge in [0.05, 0.1) is 4.90 Å². The van der Waals surface area contributed by atoms with Crippen LogP contribution in [0.15, 0.2) is 41.4 Å². The number of rotatable bonds is 4. The molecule has 0 atom stereocenters. The Morgan fingerprint density at radius 2 is 2.00 bits per heavy atom. The number of hydrogen-bond acceptors (Lipinski definition) is 5. The Morgan fingerprint density at radius 3 is 2.67 bits per heavy atom. The van der Waals surface area contributed by atoms with Crippen LogP contribution in [-0.4, -0.2) is 41.9 Å². The van der Waals surface area contributed by atoms with E-state index in [9.17, 15) is 8.42 Å². The van der Waals surface area contributed by atoms with E-state index < -0.39 is 10.0 Å². The van der Waals surface area contributed by atoms with Crippen molar-refractivity contribution in [2.24, 2.45) is 0 Å². The Balaban J connectivity index is 1.64. The summed E-state index contributed by atoms with van der Waals surface area (Å²) in [5.41, 5.74) is 0. The molecular formula is C16H18ClN3O3S. The first-order valence-electron chi connectivity index (χ1n) is 7.67. The van der Waals surface area contributed by atoms with Gasteiger partial charge in [0.1, 0.15) is 11.9 Å². The van der Waals surface area contributed by atoms with Crippen molar-refractivity contribution >= 4 is 21.6 Å². The fourth-order valence-corrected chi connectivity index (χ4v) is 4.41. The van der Waals surface area contributed by atoms with Crippen LogP contribution in [0.2, 0.25) is 5.02 Å². The molecule has 1 saturated heterocycles. The molecule has 3 rings (SSSR count). The van der Waals surface area contributed by atoms with Gasteiger partial charge in [-0.3, -0.25) is 0 Å². The zero-order valence-corrected chi connectivity index (χ0v) is 14.8. The summed E-state index contributed by atoms with van der Waals surface area (Å²) in [4.78, 5) is 8.46. The molecule has 0 N–H and O–H groups in total. The Kier molecular flexibility index (Phi) is 5.03. The van der Waals surface area contributed by atoms with Gasteiger partial charge in [-0.15, -0.1) is 0 Å². The largest absolute Gasteiger partial charge is 0.474 e. The molecule has 1 aliphatic rings. The molecule has 8 heteroatoms. The van der Waals surface area contributed by atoms with Crippen LogP contribution in [-0.2, 0) is 10.0 Å². The molecule has 0 amide bonds. The zero-order valence-electron chi connectivity index (χ0n) is 13.2. The molecule has 1 aliphatic heterocycles. The van der Waals surface area contributed by atoms with Crippen molar-refractivity contribution in [2.75, 3.05) is 13.1 Å². The number of aromatic nitrogens is 2. The average Bonchev–Trinajstić information content (AvgIpc) is 2.55. The maximum Gasteiger partial charge on any atom is 0.243 e. The Morgan fingerprint density at radius 1 is 1.25 bits per heavy atom. The van der Waals surface area contributed by atoms with E-state index in [0.717, 1.165) is 0 Å². The molecular weight excluding hydrogens is 350 g/mol. The van der Waals surface area contributed by atoms with Crippen molar-refractivity contribution in [3.05, 3.63) is 47.4 Å². The van der Waals surface area contributed by atoms with Gasteiger partial charge < -0.3 is 4.74 Å². The SMILES string of the molecule is Cc1nccc(OC2CCN(S(=O)(=O)c3cccc(Cl)c3)CC2)n1. The number of piperidine rings is 1. The fraction of sp³-hybridized carbons (Fsp3) is 0.375. The second kappa shape index (κ2) is 7.04. The maximum atomic E-state index is 12.7. The van der Waals surface area contributed by atoms with E-state index in [-0.39, 0.29) is 11.0 Å². The number of aryl methyl sites for hydroxylation is 1. The van der Waals surface area contributed by atoms with Crippen LogP contribution >= 0.6 is 11.6 Å². The molecule has 0 aliphatic carbocycles. The molecule has 0 radical (unpaired) electrons. The van der Waals surface area contributed by atoms with Crippen molar-refractivity contribution in [1.29, 1.82) is 0 Å². The van der Waals surface area contributed by atoms with Crippen LogP contribution in [0.1, 0.15) is 18.7 Å². The van der Waals surface area contributed by atoms with Crippen LogP contribution < -0.4 is 4.74 Å². The Hall–Kier alpha value is -1.70. The van der Waals surface area contributed by atoms with Crippen molar-refractivity contribution in [1.82, 2.24) is 14.3 Å². The highest BCUT2D eigenvalue weighted by Gasteiger charge is 2.30. The molecule has 2 heterocycles. The first-order valence-corrected chi connectivity index (χ1v) is 9.49. The summed E-state index contributed by atoms with van der Waals surface area (Å²) >= 11 is 5.90. The average molecular weight is 368 g/mol. The third-order valence-electron chi connectivity index (χ3n) is 3.87. The predicted octanol–water partition coefficient (Wildman–Crippen LogP) is 2.67. The summed E-state index contributed by atoms with van der Waals surface area (Å²) in [5, 5.41) is 0.411. The first-order chi connectivity index (χ1) is 11.4. The summed E-state index contributed by atoms with van der Waals surface area (Å²) in [7, 11) is -3.52. The number of halogens is 1. The van der Waals surface area contributed by atoms with Gasteiger partial charge in [-0.25, -0.2) is 13.4 Å². The smallest absolute Gasteiger partial charge is 0.243 e. The highest BCUT2D eigenvalue weighted by atomic mass is 35.5. The van der Waals surface area contributed by atoms with Gasteiger partial charge >= 0.3 is 0 Å². The van der Waals surface area contributed by atoms with E-state index in [1.807, 2.05) is 0 Å². The van der Waals surface area contributed by atoms with Gasteiger partial charge in [0.15, 0.2) is 0 Å². The fourth-order valence-electron chi connectivity index (χ4n) is 2.64. The molecule has 1 aromatic heterocycles. The molecule has 0 bridgehead atoms. The minimum absolute atomic E-state index is 0.0508. The minimum atomic E-state index is -3.52. The monoisotopic (exact) mass is 367 g/mol. The highest BCUT2D eigenvalue weighted by Crippen LogP contribution is 2.24. The highest BCUT2D eigenvalue weighted by molar-refractivity contribution is 7.89. The molecule has 24 heavy (non-hydrogen) atoms. The number of hydrogen-bond donors (Lipinski definition) is 0. The molecule has 128 valence electrons. The van der Waals surface area contributed by atoms with Gasteiger partial charge in [-0.2, -0.15) is 9.29 Å². The summed E-state index contributed by atoms with van der Waals surface area (Å²) in [5.74, 6) is 1.17. The quantitative estimate of drug-likeness (QED) is 0.830.